The maximum absolute atomic E-state index is 12.8. The fourth-order valence-electron chi connectivity index (χ4n) is 2.44. The van der Waals surface area contributed by atoms with Crippen molar-refractivity contribution in [1.82, 2.24) is 5.16 Å². The Kier molecular flexibility index (Phi) is 4.47. The largest absolute Gasteiger partial charge is 0.356 e. The van der Waals surface area contributed by atoms with Crippen LogP contribution in [0.1, 0.15) is 11.3 Å². The second kappa shape index (κ2) is 6.60. The minimum atomic E-state index is -3.94. The minimum absolute atomic E-state index is 0.0514. The molecule has 1 aromatic heterocycles. The number of aryl methyl sites for hydroxylation is 2. The topological polar surface area (TPSA) is 115 Å². The molecule has 0 fully saturated rings. The van der Waals surface area contributed by atoms with Crippen molar-refractivity contribution in [2.24, 2.45) is 0 Å². The van der Waals surface area contributed by atoms with Gasteiger partial charge in [-0.25, -0.2) is 8.42 Å². The number of nitrogens with one attached hydrogen (secondary N) is 1. The lowest BCUT2D eigenvalue weighted by Crippen LogP contribution is -2.14. The summed E-state index contributed by atoms with van der Waals surface area (Å²) in [5.41, 5.74) is 1.69. The van der Waals surface area contributed by atoms with Crippen LogP contribution in [-0.2, 0) is 10.0 Å². The van der Waals surface area contributed by atoms with Gasteiger partial charge in [0, 0.05) is 23.8 Å². The monoisotopic (exact) mass is 373 g/mol. The maximum atomic E-state index is 12.8. The molecule has 0 spiro atoms. The highest BCUT2D eigenvalue weighted by Gasteiger charge is 2.20. The summed E-state index contributed by atoms with van der Waals surface area (Å²) in [4.78, 5) is 10.3. The van der Waals surface area contributed by atoms with Gasteiger partial charge in [-0.05, 0) is 31.5 Å². The van der Waals surface area contributed by atoms with Crippen molar-refractivity contribution in [2.45, 2.75) is 18.7 Å². The van der Waals surface area contributed by atoms with Crippen LogP contribution in [0, 0.1) is 24.0 Å². The van der Waals surface area contributed by atoms with Crippen LogP contribution in [0.25, 0.3) is 11.3 Å². The number of non-ortho nitro benzene ring substituents is 1. The summed E-state index contributed by atoms with van der Waals surface area (Å²) < 4.78 is 33.1. The molecule has 0 saturated heterocycles. The number of rotatable bonds is 5. The Morgan fingerprint density at radius 3 is 2.54 bits per heavy atom. The third-order valence-corrected chi connectivity index (χ3v) is 5.22. The molecule has 9 heteroatoms. The standard InChI is InChI=1S/C17H15N3O5S/c1-11-6-7-13(16-8-12(2)18-25-16)9-17(11)26(23,24)19-14-4-3-5-15(10-14)20(21)22/h3-10,19H,1-2H3. The summed E-state index contributed by atoms with van der Waals surface area (Å²) >= 11 is 0. The van der Waals surface area contributed by atoms with Gasteiger partial charge in [0.1, 0.15) is 0 Å². The second-order valence-corrected chi connectivity index (χ2v) is 7.38. The molecule has 0 radical (unpaired) electrons. The van der Waals surface area contributed by atoms with Gasteiger partial charge in [-0.3, -0.25) is 14.8 Å². The average Bonchev–Trinajstić information content (AvgIpc) is 3.01. The Balaban J connectivity index is 1.99. The normalized spacial score (nSPS) is 11.3. The fourth-order valence-corrected chi connectivity index (χ4v) is 3.76. The number of anilines is 1. The highest BCUT2D eigenvalue weighted by atomic mass is 32.2. The van der Waals surface area contributed by atoms with E-state index in [-0.39, 0.29) is 16.3 Å². The lowest BCUT2D eigenvalue weighted by molar-refractivity contribution is -0.384. The van der Waals surface area contributed by atoms with Crippen LogP contribution in [-0.4, -0.2) is 18.5 Å². The number of hydrogen-bond donors (Lipinski definition) is 1. The molecule has 2 aromatic carbocycles. The fraction of sp³-hybridized carbons (Fsp3) is 0.118. The number of benzene rings is 2. The van der Waals surface area contributed by atoms with Gasteiger partial charge in [0.15, 0.2) is 5.76 Å². The highest BCUT2D eigenvalue weighted by molar-refractivity contribution is 7.92. The molecule has 0 aliphatic carbocycles. The number of sulfonamides is 1. The highest BCUT2D eigenvalue weighted by Crippen LogP contribution is 2.27. The minimum Gasteiger partial charge on any atom is -0.356 e. The third-order valence-electron chi connectivity index (χ3n) is 3.70. The molecule has 134 valence electrons. The van der Waals surface area contributed by atoms with Crippen molar-refractivity contribution in [1.29, 1.82) is 0 Å². The zero-order valence-electron chi connectivity index (χ0n) is 14.0. The Bertz CT molecular complexity index is 1090. The quantitative estimate of drug-likeness (QED) is 0.539. The van der Waals surface area contributed by atoms with Crippen molar-refractivity contribution in [3.05, 3.63) is 69.9 Å². The van der Waals surface area contributed by atoms with E-state index in [1.807, 2.05) is 0 Å². The first-order valence-corrected chi connectivity index (χ1v) is 9.06. The van der Waals surface area contributed by atoms with Crippen molar-refractivity contribution in [2.75, 3.05) is 4.72 Å². The smallest absolute Gasteiger partial charge is 0.271 e. The lowest BCUT2D eigenvalue weighted by Gasteiger charge is -2.11. The Morgan fingerprint density at radius 2 is 1.88 bits per heavy atom. The van der Waals surface area contributed by atoms with Crippen LogP contribution in [0.3, 0.4) is 0 Å². The summed E-state index contributed by atoms with van der Waals surface area (Å²) in [6.45, 7) is 3.43. The number of nitro benzene ring substituents is 1. The van der Waals surface area contributed by atoms with Crippen molar-refractivity contribution < 1.29 is 17.9 Å². The summed E-state index contributed by atoms with van der Waals surface area (Å²) in [6.07, 6.45) is 0. The van der Waals surface area contributed by atoms with Crippen LogP contribution in [0.4, 0.5) is 11.4 Å². The van der Waals surface area contributed by atoms with Crippen molar-refractivity contribution in [3.63, 3.8) is 0 Å². The number of nitrogens with zero attached hydrogens (tertiary/aromatic N) is 2. The summed E-state index contributed by atoms with van der Waals surface area (Å²) in [5.74, 6) is 0.453. The van der Waals surface area contributed by atoms with Crippen LogP contribution < -0.4 is 4.72 Å². The molecular formula is C17H15N3O5S. The number of aromatic nitrogens is 1. The van der Waals surface area contributed by atoms with E-state index in [2.05, 4.69) is 9.88 Å². The molecule has 3 rings (SSSR count). The molecule has 1 N–H and O–H groups in total. The maximum Gasteiger partial charge on any atom is 0.271 e. The molecule has 8 nitrogen and oxygen atoms in total. The van der Waals surface area contributed by atoms with Crippen molar-refractivity contribution >= 4 is 21.4 Å². The van der Waals surface area contributed by atoms with Gasteiger partial charge in [0.2, 0.25) is 0 Å². The van der Waals surface area contributed by atoms with Crippen LogP contribution >= 0.6 is 0 Å². The van der Waals surface area contributed by atoms with Gasteiger partial charge in [-0.15, -0.1) is 0 Å². The molecular weight excluding hydrogens is 358 g/mol. The van der Waals surface area contributed by atoms with E-state index in [4.69, 9.17) is 4.52 Å². The molecule has 0 saturated carbocycles. The van der Waals surface area contributed by atoms with Gasteiger partial charge in [-0.2, -0.15) is 0 Å². The Labute approximate surface area is 149 Å². The first-order chi connectivity index (χ1) is 12.3. The average molecular weight is 373 g/mol. The van der Waals surface area contributed by atoms with Crippen LogP contribution in [0.2, 0.25) is 0 Å². The van der Waals surface area contributed by atoms with Crippen LogP contribution in [0.15, 0.2) is 57.9 Å². The first kappa shape index (κ1) is 17.6. The van der Waals surface area contributed by atoms with Gasteiger partial charge >= 0.3 is 0 Å². The number of hydrogen-bond acceptors (Lipinski definition) is 6. The SMILES string of the molecule is Cc1cc(-c2ccc(C)c(S(=O)(=O)Nc3cccc([N+](=O)[O-])c3)c2)on1. The summed E-state index contributed by atoms with van der Waals surface area (Å²) in [5, 5.41) is 14.7. The van der Waals surface area contributed by atoms with Crippen molar-refractivity contribution in [3.8, 4) is 11.3 Å². The van der Waals surface area contributed by atoms with E-state index in [1.54, 1.807) is 32.0 Å². The van der Waals surface area contributed by atoms with E-state index >= 15 is 0 Å². The second-order valence-electron chi connectivity index (χ2n) is 5.73. The van der Waals surface area contributed by atoms with E-state index in [0.717, 1.165) is 6.07 Å². The molecule has 0 aliphatic rings. The van der Waals surface area contributed by atoms with Gasteiger partial charge in [-0.1, -0.05) is 23.4 Å². The first-order valence-electron chi connectivity index (χ1n) is 7.58. The molecule has 0 amide bonds. The Hall–Kier alpha value is -3.20. The molecule has 1 heterocycles. The van der Waals surface area contributed by atoms with E-state index in [0.29, 0.717) is 22.6 Å². The molecule has 0 atom stereocenters. The molecule has 26 heavy (non-hydrogen) atoms. The van der Waals surface area contributed by atoms with Gasteiger partial charge in [0.05, 0.1) is 21.2 Å². The summed E-state index contributed by atoms with van der Waals surface area (Å²) in [7, 11) is -3.94. The molecule has 0 bridgehead atoms. The predicted octanol–water partition coefficient (Wildman–Crippen LogP) is 3.67. The molecule has 3 aromatic rings. The lowest BCUT2D eigenvalue weighted by atomic mass is 10.1. The zero-order valence-corrected chi connectivity index (χ0v) is 14.8. The molecule has 0 unspecified atom stereocenters. The number of nitro groups is 1. The van der Waals surface area contributed by atoms with E-state index < -0.39 is 14.9 Å². The zero-order chi connectivity index (χ0) is 18.9. The predicted molar refractivity (Wildman–Crippen MR) is 95.3 cm³/mol. The van der Waals surface area contributed by atoms with Gasteiger partial charge < -0.3 is 4.52 Å². The Morgan fingerprint density at radius 1 is 1.12 bits per heavy atom. The van der Waals surface area contributed by atoms with Crippen LogP contribution in [0.5, 0.6) is 0 Å². The summed E-state index contributed by atoms with van der Waals surface area (Å²) in [6, 6.07) is 11.9. The molecule has 0 aliphatic heterocycles. The van der Waals surface area contributed by atoms with Gasteiger partial charge in [0.25, 0.3) is 15.7 Å². The van der Waals surface area contributed by atoms with E-state index in [1.165, 1.54) is 24.3 Å². The van der Waals surface area contributed by atoms with E-state index in [9.17, 15) is 18.5 Å². The third kappa shape index (κ3) is 3.57.